The summed E-state index contributed by atoms with van der Waals surface area (Å²) in [5.41, 5.74) is 2.46. The van der Waals surface area contributed by atoms with Gasteiger partial charge in [-0.2, -0.15) is 5.26 Å². The fourth-order valence-electron chi connectivity index (χ4n) is 2.54. The standard InChI is InChI=1S/C20H16N6O2/c1-2-19(27)23-15-7-5-6-14(10-15)11-20(28)24-16-8-3-4-9-17(16)26-13-22-18(12-21)25-26/h2-10,13H,1,11H2,(H,23,27)(H,24,28). The van der Waals surface area contributed by atoms with Gasteiger partial charge in [-0.25, -0.2) is 9.67 Å². The number of benzene rings is 2. The Balaban J connectivity index is 1.74. The molecule has 0 saturated carbocycles. The van der Waals surface area contributed by atoms with Crippen LogP contribution in [0.2, 0.25) is 0 Å². The molecule has 8 nitrogen and oxygen atoms in total. The number of amides is 2. The van der Waals surface area contributed by atoms with Crippen LogP contribution in [0, 0.1) is 11.3 Å². The van der Waals surface area contributed by atoms with E-state index in [-0.39, 0.29) is 24.1 Å². The van der Waals surface area contributed by atoms with E-state index in [0.717, 1.165) is 5.56 Å². The predicted octanol–water partition coefficient (Wildman–Crippen LogP) is 2.44. The van der Waals surface area contributed by atoms with Gasteiger partial charge in [-0.15, -0.1) is 5.10 Å². The Bertz CT molecular complexity index is 1080. The Labute approximate surface area is 161 Å². The zero-order valence-corrected chi connectivity index (χ0v) is 14.8. The molecule has 0 bridgehead atoms. The molecule has 0 atom stereocenters. The van der Waals surface area contributed by atoms with E-state index in [1.165, 1.54) is 17.1 Å². The van der Waals surface area contributed by atoms with Crippen LogP contribution < -0.4 is 10.6 Å². The second-order valence-corrected chi connectivity index (χ2v) is 5.76. The van der Waals surface area contributed by atoms with E-state index in [9.17, 15) is 9.59 Å². The van der Waals surface area contributed by atoms with Crippen LogP contribution >= 0.6 is 0 Å². The molecule has 0 aliphatic carbocycles. The number of nitrogens with zero attached hydrogens (tertiary/aromatic N) is 4. The smallest absolute Gasteiger partial charge is 0.252 e. The van der Waals surface area contributed by atoms with Crippen molar-refractivity contribution in [2.24, 2.45) is 0 Å². The van der Waals surface area contributed by atoms with Crippen molar-refractivity contribution >= 4 is 23.2 Å². The van der Waals surface area contributed by atoms with Crippen LogP contribution in [0.4, 0.5) is 11.4 Å². The van der Waals surface area contributed by atoms with Crippen molar-refractivity contribution < 1.29 is 9.59 Å². The molecule has 2 N–H and O–H groups in total. The van der Waals surface area contributed by atoms with Crippen molar-refractivity contribution in [3.63, 3.8) is 0 Å². The van der Waals surface area contributed by atoms with Crippen LogP contribution in [-0.4, -0.2) is 26.6 Å². The topological polar surface area (TPSA) is 113 Å². The second-order valence-electron chi connectivity index (χ2n) is 5.76. The number of nitrogens with one attached hydrogen (secondary N) is 2. The second kappa shape index (κ2) is 8.42. The van der Waals surface area contributed by atoms with Gasteiger partial charge in [0.05, 0.1) is 17.8 Å². The summed E-state index contributed by atoms with van der Waals surface area (Å²) < 4.78 is 1.43. The molecule has 2 aromatic carbocycles. The lowest BCUT2D eigenvalue weighted by Crippen LogP contribution is -2.16. The maximum absolute atomic E-state index is 12.5. The van der Waals surface area contributed by atoms with Gasteiger partial charge in [0, 0.05) is 5.69 Å². The number of aromatic nitrogens is 3. The molecule has 138 valence electrons. The lowest BCUT2D eigenvalue weighted by Gasteiger charge is -2.11. The summed E-state index contributed by atoms with van der Waals surface area (Å²) in [6.07, 6.45) is 2.71. The van der Waals surface area contributed by atoms with Crippen LogP contribution in [0.3, 0.4) is 0 Å². The third kappa shape index (κ3) is 4.47. The van der Waals surface area contributed by atoms with Gasteiger partial charge in [0.25, 0.3) is 5.82 Å². The summed E-state index contributed by atoms with van der Waals surface area (Å²) >= 11 is 0. The summed E-state index contributed by atoms with van der Waals surface area (Å²) in [6, 6.07) is 16.0. The van der Waals surface area contributed by atoms with Gasteiger partial charge in [0.2, 0.25) is 11.8 Å². The molecule has 0 saturated heterocycles. The summed E-state index contributed by atoms with van der Waals surface area (Å²) in [5.74, 6) is -0.514. The van der Waals surface area contributed by atoms with E-state index < -0.39 is 0 Å². The fraction of sp³-hybridized carbons (Fsp3) is 0.0500. The van der Waals surface area contributed by atoms with Crippen LogP contribution in [0.15, 0.2) is 67.5 Å². The highest BCUT2D eigenvalue weighted by atomic mass is 16.2. The SMILES string of the molecule is C=CC(=O)Nc1cccc(CC(=O)Nc2ccccc2-n2cnc(C#N)n2)c1. The minimum atomic E-state index is -0.319. The molecule has 0 spiro atoms. The number of carbonyl (C=O) groups is 2. The third-order valence-electron chi connectivity index (χ3n) is 3.76. The maximum Gasteiger partial charge on any atom is 0.252 e. The first kappa shape index (κ1) is 18.5. The molecule has 1 aromatic heterocycles. The average Bonchev–Trinajstić information content (AvgIpc) is 3.17. The summed E-state index contributed by atoms with van der Waals surface area (Å²) in [6.45, 7) is 3.41. The molecule has 0 fully saturated rings. The molecule has 0 aliphatic rings. The van der Waals surface area contributed by atoms with E-state index in [0.29, 0.717) is 17.1 Å². The number of para-hydroxylation sites is 2. The number of anilines is 2. The van der Waals surface area contributed by atoms with Gasteiger partial charge in [-0.05, 0) is 35.9 Å². The Hall–Kier alpha value is -4.25. The Morgan fingerprint density at radius 1 is 1.18 bits per heavy atom. The Morgan fingerprint density at radius 3 is 2.75 bits per heavy atom. The van der Waals surface area contributed by atoms with Crippen LogP contribution in [0.1, 0.15) is 11.4 Å². The molecule has 0 aliphatic heterocycles. The van der Waals surface area contributed by atoms with Crippen molar-refractivity contribution in [1.29, 1.82) is 5.26 Å². The average molecular weight is 372 g/mol. The zero-order valence-electron chi connectivity index (χ0n) is 14.8. The highest BCUT2D eigenvalue weighted by Crippen LogP contribution is 2.20. The minimum Gasteiger partial charge on any atom is -0.324 e. The summed E-state index contributed by atoms with van der Waals surface area (Å²) in [5, 5.41) is 18.4. The maximum atomic E-state index is 12.5. The van der Waals surface area contributed by atoms with Crippen LogP contribution in [0.5, 0.6) is 0 Å². The number of carbonyl (C=O) groups excluding carboxylic acids is 2. The Morgan fingerprint density at radius 2 is 2.00 bits per heavy atom. The molecule has 0 unspecified atom stereocenters. The molecule has 1 heterocycles. The quantitative estimate of drug-likeness (QED) is 0.645. The summed E-state index contributed by atoms with van der Waals surface area (Å²) in [7, 11) is 0. The third-order valence-corrected chi connectivity index (χ3v) is 3.76. The largest absolute Gasteiger partial charge is 0.324 e. The highest BCUT2D eigenvalue weighted by molar-refractivity contribution is 5.99. The minimum absolute atomic E-state index is 0.0412. The number of nitriles is 1. The lowest BCUT2D eigenvalue weighted by molar-refractivity contribution is -0.115. The van der Waals surface area contributed by atoms with Crippen LogP contribution in [-0.2, 0) is 16.0 Å². The van der Waals surface area contributed by atoms with Gasteiger partial charge >= 0.3 is 0 Å². The van der Waals surface area contributed by atoms with Crippen molar-refractivity contribution in [2.75, 3.05) is 10.6 Å². The highest BCUT2D eigenvalue weighted by Gasteiger charge is 2.11. The van der Waals surface area contributed by atoms with E-state index in [4.69, 9.17) is 5.26 Å². The van der Waals surface area contributed by atoms with Gasteiger partial charge in [-0.3, -0.25) is 9.59 Å². The van der Waals surface area contributed by atoms with Crippen molar-refractivity contribution in [3.8, 4) is 11.8 Å². The molecule has 3 aromatic rings. The zero-order chi connectivity index (χ0) is 19.9. The van der Waals surface area contributed by atoms with Crippen molar-refractivity contribution in [3.05, 3.63) is 78.9 Å². The molecular formula is C20H16N6O2. The number of hydrogen-bond donors (Lipinski definition) is 2. The summed E-state index contributed by atoms with van der Waals surface area (Å²) in [4.78, 5) is 27.8. The van der Waals surface area contributed by atoms with Crippen LogP contribution in [0.25, 0.3) is 5.69 Å². The normalized spacial score (nSPS) is 9.96. The first-order chi connectivity index (χ1) is 13.6. The van der Waals surface area contributed by atoms with E-state index in [1.807, 2.05) is 6.07 Å². The lowest BCUT2D eigenvalue weighted by atomic mass is 10.1. The first-order valence-corrected chi connectivity index (χ1v) is 8.32. The molecule has 3 rings (SSSR count). The molecule has 8 heteroatoms. The van der Waals surface area contributed by atoms with Gasteiger partial charge in [0.15, 0.2) is 0 Å². The van der Waals surface area contributed by atoms with E-state index in [1.54, 1.807) is 48.5 Å². The number of rotatable bonds is 6. The van der Waals surface area contributed by atoms with E-state index >= 15 is 0 Å². The Kier molecular flexibility index (Phi) is 5.58. The molecule has 28 heavy (non-hydrogen) atoms. The van der Waals surface area contributed by atoms with Crippen molar-refractivity contribution in [1.82, 2.24) is 14.8 Å². The number of hydrogen-bond acceptors (Lipinski definition) is 5. The van der Waals surface area contributed by atoms with Gasteiger partial charge in [-0.1, -0.05) is 30.8 Å². The monoisotopic (exact) mass is 372 g/mol. The predicted molar refractivity (Wildman–Crippen MR) is 104 cm³/mol. The molecule has 2 amide bonds. The first-order valence-electron chi connectivity index (χ1n) is 8.32. The van der Waals surface area contributed by atoms with Crippen molar-refractivity contribution in [2.45, 2.75) is 6.42 Å². The molecular weight excluding hydrogens is 356 g/mol. The van der Waals surface area contributed by atoms with E-state index in [2.05, 4.69) is 27.3 Å². The fourth-order valence-corrected chi connectivity index (χ4v) is 2.54. The van der Waals surface area contributed by atoms with Gasteiger partial charge < -0.3 is 10.6 Å². The van der Waals surface area contributed by atoms with Gasteiger partial charge in [0.1, 0.15) is 12.4 Å². The molecule has 0 radical (unpaired) electrons.